The van der Waals surface area contributed by atoms with Crippen LogP contribution in [-0.2, 0) is 7.05 Å². The summed E-state index contributed by atoms with van der Waals surface area (Å²) >= 11 is 1.97. The number of likely N-dealkylation sites (tertiary alicyclic amines) is 1. The van der Waals surface area contributed by atoms with Crippen LogP contribution in [0.2, 0.25) is 0 Å². The average Bonchev–Trinajstić information content (AvgIpc) is 2.89. The van der Waals surface area contributed by atoms with Gasteiger partial charge in [0, 0.05) is 42.2 Å². The summed E-state index contributed by atoms with van der Waals surface area (Å²) in [6.45, 7) is 5.89. The van der Waals surface area contributed by atoms with Gasteiger partial charge < -0.3 is 9.47 Å². The summed E-state index contributed by atoms with van der Waals surface area (Å²) in [4.78, 5) is 16.0. The maximum atomic E-state index is 12.7. The van der Waals surface area contributed by atoms with Crippen LogP contribution in [0.3, 0.4) is 0 Å². The molecule has 1 saturated heterocycles. The molecule has 1 aliphatic heterocycles. The predicted octanol–water partition coefficient (Wildman–Crippen LogP) is 4.04. The minimum atomic E-state index is 0.183. The van der Waals surface area contributed by atoms with Crippen molar-refractivity contribution in [1.82, 2.24) is 9.47 Å². The summed E-state index contributed by atoms with van der Waals surface area (Å²) in [5, 5.41) is 0.608. The highest BCUT2D eigenvalue weighted by Crippen LogP contribution is 2.32. The first kappa shape index (κ1) is 16.2. The quantitative estimate of drug-likeness (QED) is 0.849. The van der Waals surface area contributed by atoms with E-state index in [1.165, 1.54) is 10.5 Å². The molecule has 1 aliphatic rings. The van der Waals surface area contributed by atoms with E-state index in [1.54, 1.807) is 0 Å². The van der Waals surface area contributed by atoms with Crippen molar-refractivity contribution in [3.8, 4) is 0 Å². The van der Waals surface area contributed by atoms with E-state index in [0.717, 1.165) is 37.2 Å². The number of piperidine rings is 1. The minimum absolute atomic E-state index is 0.183. The van der Waals surface area contributed by atoms with Gasteiger partial charge in [-0.3, -0.25) is 4.79 Å². The zero-order valence-corrected chi connectivity index (χ0v) is 14.9. The Labute approximate surface area is 142 Å². The molecule has 1 fully saturated rings. The number of rotatable bonds is 3. The molecular weight excluding hydrogens is 304 g/mol. The lowest BCUT2D eigenvalue weighted by atomic mass is 10.1. The summed E-state index contributed by atoms with van der Waals surface area (Å²) < 4.78 is 2.01. The highest BCUT2D eigenvalue weighted by molar-refractivity contribution is 8.00. The van der Waals surface area contributed by atoms with E-state index >= 15 is 0 Å². The summed E-state index contributed by atoms with van der Waals surface area (Å²) in [5.41, 5.74) is 3.24. The molecule has 23 heavy (non-hydrogen) atoms. The number of carbonyl (C=O) groups excluding carboxylic acids is 1. The van der Waals surface area contributed by atoms with Crippen LogP contribution in [-0.4, -0.2) is 33.7 Å². The topological polar surface area (TPSA) is 25.2 Å². The molecule has 2 heterocycles. The van der Waals surface area contributed by atoms with Gasteiger partial charge >= 0.3 is 0 Å². The lowest BCUT2D eigenvalue weighted by molar-refractivity contribution is 0.0726. The van der Waals surface area contributed by atoms with Crippen LogP contribution in [0.15, 0.2) is 41.4 Å². The lowest BCUT2D eigenvalue weighted by Crippen LogP contribution is -2.39. The molecule has 1 aromatic heterocycles. The number of benzene rings is 1. The van der Waals surface area contributed by atoms with Crippen molar-refractivity contribution in [2.24, 2.45) is 7.05 Å². The van der Waals surface area contributed by atoms with Gasteiger partial charge in [0.05, 0.1) is 5.56 Å². The monoisotopic (exact) mass is 328 g/mol. The smallest absolute Gasteiger partial charge is 0.255 e. The van der Waals surface area contributed by atoms with Crippen molar-refractivity contribution in [2.45, 2.75) is 36.8 Å². The third-order valence-electron chi connectivity index (χ3n) is 4.73. The molecular formula is C19H24N2OS. The highest BCUT2D eigenvalue weighted by atomic mass is 32.2. The summed E-state index contributed by atoms with van der Waals surface area (Å²) in [5.74, 6) is 0.183. The van der Waals surface area contributed by atoms with Gasteiger partial charge in [0.15, 0.2) is 0 Å². The van der Waals surface area contributed by atoms with E-state index < -0.39 is 0 Å². The largest absolute Gasteiger partial charge is 0.354 e. The molecule has 0 saturated carbocycles. The number of carbonyl (C=O) groups is 1. The SMILES string of the molecule is Cc1ccccc1SC1CCN(C(=O)c2ccn(C)c2C)CC1. The molecule has 1 aromatic carbocycles. The Bertz CT molecular complexity index is 699. The first-order chi connectivity index (χ1) is 11.1. The van der Waals surface area contributed by atoms with Crippen LogP contribution in [0, 0.1) is 13.8 Å². The van der Waals surface area contributed by atoms with Gasteiger partial charge in [0.2, 0.25) is 0 Å². The molecule has 0 spiro atoms. The molecule has 1 amide bonds. The normalized spacial score (nSPS) is 15.9. The maximum absolute atomic E-state index is 12.7. The second-order valence-corrected chi connectivity index (χ2v) is 7.64. The molecule has 3 rings (SSSR count). The fraction of sp³-hybridized carbons (Fsp3) is 0.421. The second-order valence-electron chi connectivity index (χ2n) is 6.30. The lowest BCUT2D eigenvalue weighted by Gasteiger charge is -2.32. The van der Waals surface area contributed by atoms with Gasteiger partial charge in [0.1, 0.15) is 0 Å². The maximum Gasteiger partial charge on any atom is 0.255 e. The molecule has 0 radical (unpaired) electrons. The third kappa shape index (κ3) is 3.47. The standard InChI is InChI=1S/C19H24N2OS/c1-14-6-4-5-7-18(14)23-16-8-12-21(13-9-16)19(22)17-10-11-20(3)15(17)2/h4-7,10-11,16H,8-9,12-13H2,1-3H3. The van der Waals surface area contributed by atoms with Crippen molar-refractivity contribution in [1.29, 1.82) is 0 Å². The van der Waals surface area contributed by atoms with Crippen molar-refractivity contribution in [3.63, 3.8) is 0 Å². The van der Waals surface area contributed by atoms with Crippen LogP contribution < -0.4 is 0 Å². The fourth-order valence-corrected chi connectivity index (χ4v) is 4.27. The van der Waals surface area contributed by atoms with E-state index in [0.29, 0.717) is 5.25 Å². The van der Waals surface area contributed by atoms with Gasteiger partial charge in [-0.25, -0.2) is 0 Å². The summed E-state index contributed by atoms with van der Waals surface area (Å²) in [6.07, 6.45) is 4.09. The Balaban J connectivity index is 1.59. The van der Waals surface area contributed by atoms with Gasteiger partial charge in [0.25, 0.3) is 5.91 Å². The van der Waals surface area contributed by atoms with E-state index in [4.69, 9.17) is 0 Å². The zero-order chi connectivity index (χ0) is 16.4. The Hall–Kier alpha value is -1.68. The number of amides is 1. The molecule has 0 aliphatic carbocycles. The van der Waals surface area contributed by atoms with Crippen molar-refractivity contribution < 1.29 is 4.79 Å². The van der Waals surface area contributed by atoms with Gasteiger partial charge in [-0.15, -0.1) is 11.8 Å². The van der Waals surface area contributed by atoms with Crippen LogP contribution in [0.1, 0.15) is 34.5 Å². The predicted molar refractivity (Wildman–Crippen MR) is 96.1 cm³/mol. The van der Waals surface area contributed by atoms with Crippen molar-refractivity contribution in [2.75, 3.05) is 13.1 Å². The number of aromatic nitrogens is 1. The minimum Gasteiger partial charge on any atom is -0.354 e. The first-order valence-corrected chi connectivity index (χ1v) is 9.07. The number of hydrogen-bond acceptors (Lipinski definition) is 2. The van der Waals surface area contributed by atoms with Gasteiger partial charge in [-0.2, -0.15) is 0 Å². The molecule has 3 nitrogen and oxygen atoms in total. The molecule has 122 valence electrons. The Kier molecular flexibility index (Phi) is 4.81. The Morgan fingerprint density at radius 2 is 1.83 bits per heavy atom. The van der Waals surface area contributed by atoms with Gasteiger partial charge in [-0.05, 0) is 44.4 Å². The number of nitrogens with zero attached hydrogens (tertiary/aromatic N) is 2. The number of aryl methyl sites for hydroxylation is 2. The molecule has 2 aromatic rings. The van der Waals surface area contributed by atoms with E-state index in [-0.39, 0.29) is 5.91 Å². The Morgan fingerprint density at radius 3 is 2.43 bits per heavy atom. The summed E-state index contributed by atoms with van der Waals surface area (Å²) in [7, 11) is 1.98. The highest BCUT2D eigenvalue weighted by Gasteiger charge is 2.25. The fourth-order valence-electron chi connectivity index (χ4n) is 3.05. The van der Waals surface area contributed by atoms with Crippen LogP contribution in [0.5, 0.6) is 0 Å². The van der Waals surface area contributed by atoms with Crippen molar-refractivity contribution >= 4 is 17.7 Å². The second kappa shape index (κ2) is 6.83. The van der Waals surface area contributed by atoms with E-state index in [2.05, 4.69) is 31.2 Å². The third-order valence-corrected chi connectivity index (χ3v) is 6.25. The van der Waals surface area contributed by atoms with Crippen LogP contribution in [0.4, 0.5) is 0 Å². The van der Waals surface area contributed by atoms with E-state index in [1.807, 2.05) is 47.5 Å². The average molecular weight is 328 g/mol. The van der Waals surface area contributed by atoms with Crippen LogP contribution in [0.25, 0.3) is 0 Å². The van der Waals surface area contributed by atoms with E-state index in [9.17, 15) is 4.79 Å². The number of hydrogen-bond donors (Lipinski definition) is 0. The first-order valence-electron chi connectivity index (χ1n) is 8.19. The molecule has 0 unspecified atom stereocenters. The molecule has 0 bridgehead atoms. The van der Waals surface area contributed by atoms with Crippen LogP contribution >= 0.6 is 11.8 Å². The molecule has 4 heteroatoms. The zero-order valence-electron chi connectivity index (χ0n) is 14.1. The van der Waals surface area contributed by atoms with Gasteiger partial charge in [-0.1, -0.05) is 18.2 Å². The molecule has 0 N–H and O–H groups in total. The van der Waals surface area contributed by atoms with Crippen molar-refractivity contribution in [3.05, 3.63) is 53.3 Å². The molecule has 0 atom stereocenters. The Morgan fingerprint density at radius 1 is 1.13 bits per heavy atom. The summed E-state index contributed by atoms with van der Waals surface area (Å²) in [6, 6.07) is 10.5. The number of thioether (sulfide) groups is 1.